The molecular weight excluding hydrogens is 216 g/mol. The van der Waals surface area contributed by atoms with Crippen LogP contribution in [-0.4, -0.2) is 20.0 Å². The lowest BCUT2D eigenvalue weighted by Crippen LogP contribution is -1.95. The minimum atomic E-state index is -0.142. The number of hydrogen-bond donors (Lipinski definition) is 2. The number of aliphatic hydroxyl groups is 1. The second kappa shape index (κ2) is 3.92. The summed E-state index contributed by atoms with van der Waals surface area (Å²) in [6.07, 6.45) is 1.51. The van der Waals surface area contributed by atoms with Crippen molar-refractivity contribution in [2.24, 2.45) is 0 Å². The normalized spacial score (nSPS) is 10.5. The quantitative estimate of drug-likeness (QED) is 0.817. The van der Waals surface area contributed by atoms with Crippen molar-refractivity contribution in [2.75, 3.05) is 0 Å². The van der Waals surface area contributed by atoms with Gasteiger partial charge in [-0.05, 0) is 24.3 Å². The van der Waals surface area contributed by atoms with Crippen LogP contribution in [-0.2, 0) is 6.61 Å². The van der Waals surface area contributed by atoms with Gasteiger partial charge < -0.3 is 10.2 Å². The van der Waals surface area contributed by atoms with Crippen LogP contribution in [0.1, 0.15) is 5.56 Å². The Morgan fingerprint density at radius 1 is 1.27 bits per heavy atom. The van der Waals surface area contributed by atoms with Crippen molar-refractivity contribution >= 4 is 11.6 Å². The lowest BCUT2D eigenvalue weighted by Gasteiger charge is -2.03. The molecule has 0 atom stereocenters. The van der Waals surface area contributed by atoms with E-state index in [0.29, 0.717) is 10.7 Å². The average molecular weight is 225 g/mol. The first-order valence-corrected chi connectivity index (χ1v) is 4.73. The summed E-state index contributed by atoms with van der Waals surface area (Å²) < 4.78 is 1.49. The van der Waals surface area contributed by atoms with Crippen LogP contribution in [0.15, 0.2) is 30.5 Å². The van der Waals surface area contributed by atoms with Crippen LogP contribution in [0.25, 0.3) is 5.69 Å². The molecule has 0 saturated heterocycles. The fourth-order valence-corrected chi connectivity index (χ4v) is 1.50. The number of aromatic nitrogens is 2. The van der Waals surface area contributed by atoms with E-state index < -0.39 is 0 Å². The zero-order valence-electron chi connectivity index (χ0n) is 7.76. The van der Waals surface area contributed by atoms with Crippen LogP contribution in [0.4, 0.5) is 0 Å². The Morgan fingerprint density at radius 2 is 1.93 bits per heavy atom. The van der Waals surface area contributed by atoms with E-state index in [4.69, 9.17) is 21.8 Å². The highest BCUT2D eigenvalue weighted by Gasteiger charge is 2.08. The van der Waals surface area contributed by atoms with Crippen LogP contribution in [0, 0.1) is 0 Å². The van der Waals surface area contributed by atoms with Crippen molar-refractivity contribution in [1.29, 1.82) is 0 Å². The fraction of sp³-hybridized carbons (Fsp3) is 0.100. The summed E-state index contributed by atoms with van der Waals surface area (Å²) in [4.78, 5) is 0. The second-order valence-corrected chi connectivity index (χ2v) is 3.40. The Bertz CT molecular complexity index is 465. The van der Waals surface area contributed by atoms with Crippen molar-refractivity contribution in [3.8, 4) is 11.4 Å². The zero-order valence-corrected chi connectivity index (χ0v) is 8.52. The molecule has 2 rings (SSSR count). The smallest absolute Gasteiger partial charge is 0.138 e. The second-order valence-electron chi connectivity index (χ2n) is 3.05. The SMILES string of the molecule is OCc1cnn(-c2ccc(O)cc2)c1Cl. The first kappa shape index (κ1) is 10.0. The van der Waals surface area contributed by atoms with Crippen LogP contribution >= 0.6 is 11.6 Å². The number of benzene rings is 1. The molecule has 4 nitrogen and oxygen atoms in total. The lowest BCUT2D eigenvalue weighted by atomic mass is 10.3. The van der Waals surface area contributed by atoms with Crippen molar-refractivity contribution in [1.82, 2.24) is 9.78 Å². The monoisotopic (exact) mass is 224 g/mol. The largest absolute Gasteiger partial charge is 0.508 e. The molecule has 2 aromatic rings. The molecule has 5 heteroatoms. The molecule has 0 saturated carbocycles. The van der Waals surface area contributed by atoms with Gasteiger partial charge in [-0.25, -0.2) is 4.68 Å². The lowest BCUT2D eigenvalue weighted by molar-refractivity contribution is 0.282. The van der Waals surface area contributed by atoms with Gasteiger partial charge in [-0.3, -0.25) is 0 Å². The van der Waals surface area contributed by atoms with Gasteiger partial charge in [0, 0.05) is 5.56 Å². The molecule has 0 aliphatic rings. The van der Waals surface area contributed by atoms with Gasteiger partial charge in [-0.15, -0.1) is 0 Å². The van der Waals surface area contributed by atoms with Gasteiger partial charge in [0.2, 0.25) is 0 Å². The molecule has 78 valence electrons. The maximum Gasteiger partial charge on any atom is 0.138 e. The summed E-state index contributed by atoms with van der Waals surface area (Å²) in [5, 5.41) is 22.5. The highest BCUT2D eigenvalue weighted by molar-refractivity contribution is 6.30. The Morgan fingerprint density at radius 3 is 2.47 bits per heavy atom. The zero-order chi connectivity index (χ0) is 10.8. The third kappa shape index (κ3) is 1.82. The van der Waals surface area contributed by atoms with Gasteiger partial charge in [0.1, 0.15) is 10.9 Å². The van der Waals surface area contributed by atoms with E-state index in [9.17, 15) is 0 Å². The number of nitrogens with zero attached hydrogens (tertiary/aromatic N) is 2. The molecule has 2 N–H and O–H groups in total. The first-order valence-electron chi connectivity index (χ1n) is 4.35. The third-order valence-corrected chi connectivity index (χ3v) is 2.45. The molecule has 0 spiro atoms. The molecule has 0 bridgehead atoms. The van der Waals surface area contributed by atoms with Crippen molar-refractivity contribution in [2.45, 2.75) is 6.61 Å². The minimum Gasteiger partial charge on any atom is -0.508 e. The van der Waals surface area contributed by atoms with E-state index in [1.807, 2.05) is 0 Å². The third-order valence-electron chi connectivity index (χ3n) is 2.04. The average Bonchev–Trinajstić information content (AvgIpc) is 2.61. The van der Waals surface area contributed by atoms with E-state index in [0.717, 1.165) is 5.69 Å². The van der Waals surface area contributed by atoms with Gasteiger partial charge in [0.05, 0.1) is 18.5 Å². The fourth-order valence-electron chi connectivity index (χ4n) is 1.25. The molecule has 0 fully saturated rings. The number of aromatic hydroxyl groups is 1. The first-order chi connectivity index (χ1) is 7.22. The van der Waals surface area contributed by atoms with Gasteiger partial charge in [-0.1, -0.05) is 11.6 Å². The summed E-state index contributed by atoms with van der Waals surface area (Å²) in [5.41, 5.74) is 1.31. The number of hydrogen-bond acceptors (Lipinski definition) is 3. The number of phenolic OH excluding ortho intramolecular Hbond substituents is 1. The predicted molar refractivity (Wildman–Crippen MR) is 56.2 cm³/mol. The molecule has 0 aliphatic carbocycles. The van der Waals surface area contributed by atoms with Gasteiger partial charge in [-0.2, -0.15) is 5.10 Å². The van der Waals surface area contributed by atoms with Crippen LogP contribution < -0.4 is 0 Å². The van der Waals surface area contributed by atoms with E-state index in [-0.39, 0.29) is 12.4 Å². The molecule has 0 amide bonds. The number of phenols is 1. The van der Waals surface area contributed by atoms with Crippen molar-refractivity contribution in [3.63, 3.8) is 0 Å². The molecule has 1 heterocycles. The molecular formula is C10H9ClN2O2. The summed E-state index contributed by atoms with van der Waals surface area (Å²) >= 11 is 5.98. The summed E-state index contributed by atoms with van der Waals surface area (Å²) in [7, 11) is 0. The van der Waals surface area contributed by atoms with Gasteiger partial charge >= 0.3 is 0 Å². The molecule has 15 heavy (non-hydrogen) atoms. The van der Waals surface area contributed by atoms with Crippen LogP contribution in [0.3, 0.4) is 0 Å². The summed E-state index contributed by atoms with van der Waals surface area (Å²) in [6, 6.07) is 6.47. The minimum absolute atomic E-state index is 0.142. The topological polar surface area (TPSA) is 58.3 Å². The van der Waals surface area contributed by atoms with Gasteiger partial charge in [0.25, 0.3) is 0 Å². The maximum absolute atomic E-state index is 9.12. The van der Waals surface area contributed by atoms with E-state index in [1.54, 1.807) is 24.3 Å². The molecule has 0 radical (unpaired) electrons. The molecule has 1 aromatic carbocycles. The Balaban J connectivity index is 2.45. The number of rotatable bonds is 2. The summed E-state index contributed by atoms with van der Waals surface area (Å²) in [5.74, 6) is 0.185. The molecule has 0 aliphatic heterocycles. The van der Waals surface area contributed by atoms with Crippen molar-refractivity contribution < 1.29 is 10.2 Å². The number of aliphatic hydroxyl groups excluding tert-OH is 1. The maximum atomic E-state index is 9.12. The highest BCUT2D eigenvalue weighted by atomic mass is 35.5. The summed E-state index contributed by atoms with van der Waals surface area (Å²) in [6.45, 7) is -0.142. The Hall–Kier alpha value is -1.52. The van der Waals surface area contributed by atoms with Gasteiger partial charge in [0.15, 0.2) is 0 Å². The Kier molecular flexibility index (Phi) is 2.62. The number of halogens is 1. The Labute approximate surface area is 91.4 Å². The predicted octanol–water partition coefficient (Wildman–Crippen LogP) is 1.72. The van der Waals surface area contributed by atoms with Crippen LogP contribution in [0.2, 0.25) is 5.15 Å². The van der Waals surface area contributed by atoms with E-state index in [1.165, 1.54) is 10.9 Å². The standard InChI is InChI=1S/C10H9ClN2O2/c11-10-7(6-14)5-12-13(10)8-1-3-9(15)4-2-8/h1-5,14-15H,6H2. The molecule has 0 unspecified atom stereocenters. The highest BCUT2D eigenvalue weighted by Crippen LogP contribution is 2.21. The van der Waals surface area contributed by atoms with E-state index in [2.05, 4.69) is 5.10 Å². The van der Waals surface area contributed by atoms with Crippen LogP contribution in [0.5, 0.6) is 5.75 Å². The van der Waals surface area contributed by atoms with E-state index >= 15 is 0 Å². The molecule has 1 aromatic heterocycles. The van der Waals surface area contributed by atoms with Crippen molar-refractivity contribution in [3.05, 3.63) is 41.2 Å².